The van der Waals surface area contributed by atoms with Crippen LogP contribution in [0.25, 0.3) is 0 Å². The molecule has 2 rings (SSSR count). The van der Waals surface area contributed by atoms with E-state index in [4.69, 9.17) is 10.2 Å². The molecule has 1 aliphatic rings. The summed E-state index contributed by atoms with van der Waals surface area (Å²) in [6, 6.07) is 4.07. The van der Waals surface area contributed by atoms with Gasteiger partial charge in [0.15, 0.2) is 0 Å². The van der Waals surface area contributed by atoms with E-state index in [9.17, 15) is 0 Å². The SMILES string of the molecule is Cc1ccc(CN(C)C2(CN)CCSC2)o1. The molecule has 2 N–H and O–H groups in total. The van der Waals surface area contributed by atoms with Crippen LogP contribution in [0.4, 0.5) is 0 Å². The minimum Gasteiger partial charge on any atom is -0.465 e. The molecular formula is C12H20N2OS. The molecule has 3 nitrogen and oxygen atoms in total. The second-order valence-electron chi connectivity index (χ2n) is 4.60. The van der Waals surface area contributed by atoms with Crippen molar-refractivity contribution < 1.29 is 4.42 Å². The number of rotatable bonds is 4. The van der Waals surface area contributed by atoms with Gasteiger partial charge in [-0.1, -0.05) is 0 Å². The summed E-state index contributed by atoms with van der Waals surface area (Å²) in [7, 11) is 2.15. The number of thioether (sulfide) groups is 1. The molecular weight excluding hydrogens is 220 g/mol. The number of furan rings is 1. The average molecular weight is 240 g/mol. The van der Waals surface area contributed by atoms with Gasteiger partial charge in [-0.15, -0.1) is 0 Å². The first-order valence-electron chi connectivity index (χ1n) is 5.71. The predicted molar refractivity (Wildman–Crippen MR) is 68.6 cm³/mol. The first-order valence-corrected chi connectivity index (χ1v) is 6.86. The minimum atomic E-state index is 0.172. The maximum atomic E-state index is 5.94. The average Bonchev–Trinajstić information content (AvgIpc) is 2.88. The highest BCUT2D eigenvalue weighted by Crippen LogP contribution is 2.32. The van der Waals surface area contributed by atoms with Crippen molar-refractivity contribution in [2.45, 2.75) is 25.4 Å². The fourth-order valence-corrected chi connectivity index (χ4v) is 3.72. The van der Waals surface area contributed by atoms with Crippen molar-refractivity contribution in [2.24, 2.45) is 5.73 Å². The molecule has 0 spiro atoms. The molecule has 0 amide bonds. The molecule has 4 heteroatoms. The molecule has 1 fully saturated rings. The van der Waals surface area contributed by atoms with Gasteiger partial charge in [-0.05, 0) is 38.3 Å². The summed E-state index contributed by atoms with van der Waals surface area (Å²) >= 11 is 2.00. The standard InChI is InChI=1S/C12H20N2OS/c1-10-3-4-11(15-10)7-14(2)12(8-13)5-6-16-9-12/h3-4H,5-9,13H2,1-2H3. The molecule has 1 aromatic rings. The summed E-state index contributed by atoms with van der Waals surface area (Å²) in [4.78, 5) is 2.35. The molecule has 1 aliphatic heterocycles. The van der Waals surface area contributed by atoms with E-state index in [-0.39, 0.29) is 5.54 Å². The van der Waals surface area contributed by atoms with Crippen LogP contribution in [0.5, 0.6) is 0 Å². The highest BCUT2D eigenvalue weighted by Gasteiger charge is 2.37. The summed E-state index contributed by atoms with van der Waals surface area (Å²) in [5.74, 6) is 4.37. The zero-order chi connectivity index (χ0) is 11.6. The molecule has 0 bridgehead atoms. The highest BCUT2D eigenvalue weighted by molar-refractivity contribution is 7.99. The predicted octanol–water partition coefficient (Wildman–Crippen LogP) is 1.85. The van der Waals surface area contributed by atoms with Crippen molar-refractivity contribution in [3.63, 3.8) is 0 Å². The normalized spacial score (nSPS) is 25.5. The highest BCUT2D eigenvalue weighted by atomic mass is 32.2. The Labute approximate surface area is 101 Å². The number of hydrogen-bond acceptors (Lipinski definition) is 4. The van der Waals surface area contributed by atoms with Crippen LogP contribution in [0, 0.1) is 6.92 Å². The molecule has 2 heterocycles. The number of hydrogen-bond donors (Lipinski definition) is 1. The van der Waals surface area contributed by atoms with Crippen molar-refractivity contribution >= 4 is 11.8 Å². The smallest absolute Gasteiger partial charge is 0.118 e. The Morgan fingerprint density at radius 3 is 2.88 bits per heavy atom. The summed E-state index contributed by atoms with van der Waals surface area (Å²) in [5.41, 5.74) is 6.11. The van der Waals surface area contributed by atoms with E-state index in [0.29, 0.717) is 0 Å². The molecule has 0 aliphatic carbocycles. The van der Waals surface area contributed by atoms with Gasteiger partial charge in [-0.25, -0.2) is 0 Å². The number of likely N-dealkylation sites (N-methyl/N-ethyl adjacent to an activating group) is 1. The summed E-state index contributed by atoms with van der Waals surface area (Å²) < 4.78 is 5.61. The maximum Gasteiger partial charge on any atom is 0.118 e. The van der Waals surface area contributed by atoms with Gasteiger partial charge in [0.05, 0.1) is 6.54 Å². The maximum absolute atomic E-state index is 5.94. The van der Waals surface area contributed by atoms with E-state index in [1.54, 1.807) is 0 Å². The summed E-state index contributed by atoms with van der Waals surface area (Å²) in [6.45, 7) is 3.56. The van der Waals surface area contributed by atoms with Crippen molar-refractivity contribution in [2.75, 3.05) is 25.1 Å². The van der Waals surface area contributed by atoms with Crippen molar-refractivity contribution in [1.29, 1.82) is 0 Å². The summed E-state index contributed by atoms with van der Waals surface area (Å²) in [6.07, 6.45) is 1.18. The second kappa shape index (κ2) is 4.82. The van der Waals surface area contributed by atoms with Crippen LogP contribution in [-0.2, 0) is 6.54 Å². The first-order chi connectivity index (χ1) is 7.66. The Balaban J connectivity index is 2.03. The van der Waals surface area contributed by atoms with E-state index < -0.39 is 0 Å². The van der Waals surface area contributed by atoms with E-state index in [1.807, 2.05) is 24.8 Å². The van der Waals surface area contributed by atoms with Crippen LogP contribution in [0.3, 0.4) is 0 Å². The molecule has 0 radical (unpaired) electrons. The third-order valence-electron chi connectivity index (χ3n) is 3.46. The van der Waals surface area contributed by atoms with Gasteiger partial charge in [-0.2, -0.15) is 11.8 Å². The van der Waals surface area contributed by atoms with Crippen LogP contribution >= 0.6 is 11.8 Å². The molecule has 1 saturated heterocycles. The Bertz CT molecular complexity index is 345. The molecule has 1 atom stereocenters. The van der Waals surface area contributed by atoms with E-state index in [1.165, 1.54) is 12.2 Å². The summed E-state index contributed by atoms with van der Waals surface area (Å²) in [5, 5.41) is 0. The van der Waals surface area contributed by atoms with Gasteiger partial charge in [-0.3, -0.25) is 4.90 Å². The van der Waals surface area contributed by atoms with E-state index >= 15 is 0 Å². The molecule has 0 saturated carbocycles. The largest absolute Gasteiger partial charge is 0.465 e. The van der Waals surface area contributed by atoms with Crippen LogP contribution in [0.1, 0.15) is 17.9 Å². The van der Waals surface area contributed by atoms with Crippen LogP contribution in [-0.4, -0.2) is 35.5 Å². The van der Waals surface area contributed by atoms with Gasteiger partial charge in [0, 0.05) is 17.8 Å². The zero-order valence-electron chi connectivity index (χ0n) is 10.0. The molecule has 16 heavy (non-hydrogen) atoms. The first kappa shape index (κ1) is 12.0. The zero-order valence-corrected chi connectivity index (χ0v) is 10.8. The quantitative estimate of drug-likeness (QED) is 0.872. The van der Waals surface area contributed by atoms with E-state index in [2.05, 4.69) is 18.0 Å². The topological polar surface area (TPSA) is 42.4 Å². The van der Waals surface area contributed by atoms with Crippen LogP contribution < -0.4 is 5.73 Å². The monoisotopic (exact) mass is 240 g/mol. The molecule has 0 aromatic carbocycles. The lowest BCUT2D eigenvalue weighted by molar-refractivity contribution is 0.133. The molecule has 1 unspecified atom stereocenters. The van der Waals surface area contributed by atoms with Gasteiger partial charge >= 0.3 is 0 Å². The van der Waals surface area contributed by atoms with E-state index in [0.717, 1.165) is 30.4 Å². The van der Waals surface area contributed by atoms with Crippen LogP contribution in [0.15, 0.2) is 16.5 Å². The van der Waals surface area contributed by atoms with Gasteiger partial charge in [0.25, 0.3) is 0 Å². The van der Waals surface area contributed by atoms with Gasteiger partial charge in [0.1, 0.15) is 11.5 Å². The van der Waals surface area contributed by atoms with Crippen molar-refractivity contribution in [3.05, 3.63) is 23.7 Å². The third kappa shape index (κ3) is 2.29. The fourth-order valence-electron chi connectivity index (χ4n) is 2.19. The van der Waals surface area contributed by atoms with Gasteiger partial charge < -0.3 is 10.2 Å². The second-order valence-corrected chi connectivity index (χ2v) is 5.70. The third-order valence-corrected chi connectivity index (χ3v) is 4.70. The number of nitrogens with zero attached hydrogens (tertiary/aromatic N) is 1. The molecule has 1 aromatic heterocycles. The lowest BCUT2D eigenvalue weighted by Gasteiger charge is -2.36. The Kier molecular flexibility index (Phi) is 3.62. The number of nitrogens with two attached hydrogens (primary N) is 1. The van der Waals surface area contributed by atoms with Crippen molar-refractivity contribution in [3.8, 4) is 0 Å². The Morgan fingerprint density at radius 1 is 1.56 bits per heavy atom. The fraction of sp³-hybridized carbons (Fsp3) is 0.667. The van der Waals surface area contributed by atoms with Gasteiger partial charge in [0.2, 0.25) is 0 Å². The Morgan fingerprint density at radius 2 is 2.38 bits per heavy atom. The minimum absolute atomic E-state index is 0.172. The number of aryl methyl sites for hydroxylation is 1. The lowest BCUT2D eigenvalue weighted by Crippen LogP contribution is -2.51. The lowest BCUT2D eigenvalue weighted by atomic mass is 9.97. The Hall–Kier alpha value is -0.450. The molecule has 90 valence electrons. The van der Waals surface area contributed by atoms with Crippen molar-refractivity contribution in [1.82, 2.24) is 4.90 Å². The van der Waals surface area contributed by atoms with Crippen LogP contribution in [0.2, 0.25) is 0 Å².